The van der Waals surface area contributed by atoms with E-state index in [2.05, 4.69) is 9.46 Å². The molecule has 0 spiro atoms. The molecule has 0 saturated heterocycles. The number of esters is 1. The van der Waals surface area contributed by atoms with Gasteiger partial charge in [-0.05, 0) is 24.3 Å². The minimum Gasteiger partial charge on any atom is -0.497 e. The third-order valence-corrected chi connectivity index (χ3v) is 3.70. The monoisotopic (exact) mass is 273 g/mol. The molecule has 1 rings (SSSR count). The zero-order valence-electron chi connectivity index (χ0n) is 10.2. The maximum Gasteiger partial charge on any atom is 0.306 e. The predicted molar refractivity (Wildman–Crippen MR) is 64.8 cm³/mol. The molecule has 0 bridgehead atoms. The third kappa shape index (κ3) is 4.01. The largest absolute Gasteiger partial charge is 0.497 e. The van der Waals surface area contributed by atoms with Crippen molar-refractivity contribution in [2.45, 2.75) is 11.3 Å². The summed E-state index contributed by atoms with van der Waals surface area (Å²) >= 11 is 0. The van der Waals surface area contributed by atoms with Crippen molar-refractivity contribution >= 4 is 16.0 Å². The van der Waals surface area contributed by atoms with Gasteiger partial charge in [-0.25, -0.2) is 13.1 Å². The van der Waals surface area contributed by atoms with Gasteiger partial charge in [-0.1, -0.05) is 0 Å². The van der Waals surface area contributed by atoms with Crippen molar-refractivity contribution in [2.24, 2.45) is 0 Å². The van der Waals surface area contributed by atoms with E-state index in [1.807, 2.05) is 0 Å². The second kappa shape index (κ2) is 6.36. The fourth-order valence-corrected chi connectivity index (χ4v) is 2.26. The van der Waals surface area contributed by atoms with E-state index in [4.69, 9.17) is 4.74 Å². The lowest BCUT2D eigenvalue weighted by molar-refractivity contribution is -0.140. The number of benzene rings is 1. The Bertz CT molecular complexity index is 495. The van der Waals surface area contributed by atoms with Crippen LogP contribution in [0.15, 0.2) is 29.2 Å². The Morgan fingerprint density at radius 3 is 2.33 bits per heavy atom. The SMILES string of the molecule is COC(=O)CCNS(=O)(=O)c1ccc(OC)cc1. The van der Waals surface area contributed by atoms with Crippen LogP contribution in [0.3, 0.4) is 0 Å². The topological polar surface area (TPSA) is 81.7 Å². The summed E-state index contributed by atoms with van der Waals surface area (Å²) in [7, 11) is -0.854. The van der Waals surface area contributed by atoms with Crippen LogP contribution in [0.5, 0.6) is 5.75 Å². The molecule has 1 N–H and O–H groups in total. The average Bonchev–Trinajstić information content (AvgIpc) is 2.38. The van der Waals surface area contributed by atoms with Crippen molar-refractivity contribution in [2.75, 3.05) is 20.8 Å². The van der Waals surface area contributed by atoms with Crippen LogP contribution >= 0.6 is 0 Å². The van der Waals surface area contributed by atoms with E-state index >= 15 is 0 Å². The van der Waals surface area contributed by atoms with Crippen molar-refractivity contribution in [1.82, 2.24) is 4.72 Å². The molecule has 0 atom stereocenters. The van der Waals surface area contributed by atoms with Crippen LogP contribution in [0, 0.1) is 0 Å². The summed E-state index contributed by atoms with van der Waals surface area (Å²) in [5, 5.41) is 0. The van der Waals surface area contributed by atoms with Crippen LogP contribution in [0.25, 0.3) is 0 Å². The summed E-state index contributed by atoms with van der Waals surface area (Å²) in [6.07, 6.45) is -0.00805. The summed E-state index contributed by atoms with van der Waals surface area (Å²) in [5.74, 6) is 0.107. The van der Waals surface area contributed by atoms with Gasteiger partial charge in [0.05, 0.1) is 25.5 Å². The lowest BCUT2D eigenvalue weighted by Crippen LogP contribution is -2.26. The second-order valence-electron chi connectivity index (χ2n) is 3.40. The standard InChI is InChI=1S/C11H15NO5S/c1-16-9-3-5-10(6-4-9)18(14,15)12-8-7-11(13)17-2/h3-6,12H,7-8H2,1-2H3. The quantitative estimate of drug-likeness (QED) is 0.765. The molecule has 18 heavy (non-hydrogen) atoms. The lowest BCUT2D eigenvalue weighted by Gasteiger charge is -2.06. The second-order valence-corrected chi connectivity index (χ2v) is 5.17. The van der Waals surface area contributed by atoms with Gasteiger partial charge in [-0.3, -0.25) is 4.79 Å². The Balaban J connectivity index is 2.65. The molecule has 0 aliphatic heterocycles. The molecular formula is C11H15NO5S. The molecule has 100 valence electrons. The zero-order chi connectivity index (χ0) is 13.6. The molecule has 1 aromatic rings. The lowest BCUT2D eigenvalue weighted by atomic mass is 10.3. The van der Waals surface area contributed by atoms with E-state index < -0.39 is 16.0 Å². The molecular weight excluding hydrogens is 258 g/mol. The van der Waals surface area contributed by atoms with E-state index in [-0.39, 0.29) is 17.9 Å². The number of sulfonamides is 1. The number of rotatable bonds is 6. The first-order valence-electron chi connectivity index (χ1n) is 5.20. The molecule has 0 amide bonds. The number of ether oxygens (including phenoxy) is 2. The molecule has 0 saturated carbocycles. The van der Waals surface area contributed by atoms with Crippen molar-refractivity contribution in [3.63, 3.8) is 0 Å². The van der Waals surface area contributed by atoms with Crippen molar-refractivity contribution in [1.29, 1.82) is 0 Å². The smallest absolute Gasteiger partial charge is 0.306 e. The highest BCUT2D eigenvalue weighted by molar-refractivity contribution is 7.89. The van der Waals surface area contributed by atoms with Crippen LogP contribution in [0.1, 0.15) is 6.42 Å². The normalized spacial score (nSPS) is 11.0. The molecule has 0 aliphatic rings. The molecule has 0 fully saturated rings. The van der Waals surface area contributed by atoms with Crippen molar-refractivity contribution in [3.05, 3.63) is 24.3 Å². The number of methoxy groups -OCH3 is 2. The number of hydrogen-bond acceptors (Lipinski definition) is 5. The van der Waals surface area contributed by atoms with Crippen LogP contribution in [0.4, 0.5) is 0 Å². The van der Waals surface area contributed by atoms with Gasteiger partial charge in [0.25, 0.3) is 0 Å². The maximum absolute atomic E-state index is 11.8. The van der Waals surface area contributed by atoms with E-state index in [0.717, 1.165) is 0 Å². The van der Waals surface area contributed by atoms with Crippen LogP contribution in [-0.4, -0.2) is 35.2 Å². The molecule has 0 radical (unpaired) electrons. The Morgan fingerprint density at radius 2 is 1.83 bits per heavy atom. The number of carbonyl (C=O) groups is 1. The van der Waals surface area contributed by atoms with Crippen molar-refractivity contribution < 1.29 is 22.7 Å². The zero-order valence-corrected chi connectivity index (χ0v) is 11.0. The Labute approximate surface area is 106 Å². The molecule has 1 aromatic carbocycles. The van der Waals surface area contributed by atoms with Crippen LogP contribution in [0.2, 0.25) is 0 Å². The predicted octanol–water partition coefficient (Wildman–Crippen LogP) is 0.537. The number of carbonyl (C=O) groups excluding carboxylic acids is 1. The van der Waals surface area contributed by atoms with Gasteiger partial charge >= 0.3 is 5.97 Å². The van der Waals surface area contributed by atoms with E-state index in [1.54, 1.807) is 12.1 Å². The van der Waals surface area contributed by atoms with Gasteiger partial charge in [0.1, 0.15) is 5.75 Å². The first kappa shape index (κ1) is 14.5. The van der Waals surface area contributed by atoms with Gasteiger partial charge in [-0.15, -0.1) is 0 Å². The molecule has 0 aliphatic carbocycles. The van der Waals surface area contributed by atoms with Gasteiger partial charge in [-0.2, -0.15) is 0 Å². The van der Waals surface area contributed by atoms with E-state index in [0.29, 0.717) is 5.75 Å². The highest BCUT2D eigenvalue weighted by atomic mass is 32.2. The summed E-state index contributed by atoms with van der Waals surface area (Å²) in [6.45, 7) is 0.00103. The molecule has 6 nitrogen and oxygen atoms in total. The summed E-state index contributed by atoms with van der Waals surface area (Å²) in [5.41, 5.74) is 0. The van der Waals surface area contributed by atoms with Gasteiger partial charge in [0, 0.05) is 6.54 Å². The molecule has 0 aromatic heterocycles. The van der Waals surface area contributed by atoms with Crippen LogP contribution < -0.4 is 9.46 Å². The van der Waals surface area contributed by atoms with Crippen molar-refractivity contribution in [3.8, 4) is 5.75 Å². The molecule has 0 heterocycles. The van der Waals surface area contributed by atoms with Gasteiger partial charge < -0.3 is 9.47 Å². The first-order valence-corrected chi connectivity index (χ1v) is 6.68. The summed E-state index contributed by atoms with van der Waals surface area (Å²) < 4.78 is 35.2. The fourth-order valence-electron chi connectivity index (χ4n) is 1.23. The van der Waals surface area contributed by atoms with Crippen LogP contribution in [-0.2, 0) is 19.6 Å². The first-order chi connectivity index (χ1) is 8.49. The summed E-state index contributed by atoms with van der Waals surface area (Å²) in [6, 6.07) is 5.96. The Kier molecular flexibility index (Phi) is 5.11. The highest BCUT2D eigenvalue weighted by Crippen LogP contribution is 2.15. The third-order valence-electron chi connectivity index (χ3n) is 2.22. The van der Waals surface area contributed by atoms with E-state index in [9.17, 15) is 13.2 Å². The van der Waals surface area contributed by atoms with Gasteiger partial charge in [0.15, 0.2) is 0 Å². The molecule has 7 heteroatoms. The number of hydrogen-bond donors (Lipinski definition) is 1. The minimum absolute atomic E-state index is 0.00103. The van der Waals surface area contributed by atoms with E-state index in [1.165, 1.54) is 26.4 Å². The highest BCUT2D eigenvalue weighted by Gasteiger charge is 2.14. The minimum atomic E-state index is -3.60. The Hall–Kier alpha value is -1.60. The Morgan fingerprint density at radius 1 is 1.22 bits per heavy atom. The maximum atomic E-state index is 11.8. The van der Waals surface area contributed by atoms with Gasteiger partial charge in [0.2, 0.25) is 10.0 Å². The fraction of sp³-hybridized carbons (Fsp3) is 0.364. The summed E-state index contributed by atoms with van der Waals surface area (Å²) in [4.78, 5) is 11.0. The molecule has 0 unspecified atom stereocenters. The average molecular weight is 273 g/mol. The number of nitrogens with one attached hydrogen (secondary N) is 1.